The van der Waals surface area contributed by atoms with Gasteiger partial charge in [-0.25, -0.2) is 19.0 Å². The molecule has 1 unspecified atom stereocenters. The number of nitrogens with one attached hydrogen (secondary N) is 2. The topological polar surface area (TPSA) is 85.0 Å². The van der Waals surface area contributed by atoms with Crippen LogP contribution >= 0.6 is 0 Å². The minimum absolute atomic E-state index is 0.0639. The van der Waals surface area contributed by atoms with Crippen molar-refractivity contribution in [3.05, 3.63) is 77.6 Å². The van der Waals surface area contributed by atoms with Crippen molar-refractivity contribution in [2.75, 3.05) is 18.4 Å². The van der Waals surface area contributed by atoms with E-state index in [1.807, 2.05) is 6.92 Å². The van der Waals surface area contributed by atoms with Gasteiger partial charge in [0.05, 0.1) is 12.2 Å². The van der Waals surface area contributed by atoms with Crippen LogP contribution in [0.1, 0.15) is 12.5 Å². The van der Waals surface area contributed by atoms with Gasteiger partial charge >= 0.3 is 6.03 Å². The molecule has 2 aliphatic rings. The highest BCUT2D eigenvalue weighted by atomic mass is 19.1. The van der Waals surface area contributed by atoms with E-state index in [0.29, 0.717) is 23.5 Å². The molecular formula is C22H21F2N5O3. The maximum Gasteiger partial charge on any atom is 0.331 e. The zero-order chi connectivity index (χ0) is 22.8. The van der Waals surface area contributed by atoms with Gasteiger partial charge < -0.3 is 10.3 Å². The number of nitrogens with zero attached hydrogens (tertiary/aromatic N) is 3. The molecule has 2 N–H and O–H groups in total. The molecule has 2 heterocycles. The average molecular weight is 441 g/mol. The smallest absolute Gasteiger partial charge is 0.325 e. The third kappa shape index (κ3) is 4.30. The Balaban J connectivity index is 1.57. The number of anilines is 1. The van der Waals surface area contributed by atoms with Gasteiger partial charge in [0.1, 0.15) is 24.2 Å². The summed E-state index contributed by atoms with van der Waals surface area (Å²) in [6.07, 6.45) is 1.63. The normalized spacial score (nSPS) is 18.0. The molecule has 4 rings (SSSR count). The summed E-state index contributed by atoms with van der Waals surface area (Å²) < 4.78 is 26.3. The Kier molecular flexibility index (Phi) is 5.87. The molecule has 10 heteroatoms. The Labute approximate surface area is 183 Å². The van der Waals surface area contributed by atoms with Gasteiger partial charge in [-0.15, -0.1) is 0 Å². The highest BCUT2D eigenvalue weighted by Gasteiger charge is 2.46. The van der Waals surface area contributed by atoms with Gasteiger partial charge in [0.2, 0.25) is 5.91 Å². The van der Waals surface area contributed by atoms with Crippen LogP contribution in [0.2, 0.25) is 0 Å². The van der Waals surface area contributed by atoms with Crippen molar-refractivity contribution >= 4 is 23.5 Å². The van der Waals surface area contributed by atoms with Gasteiger partial charge in [-0.1, -0.05) is 12.1 Å². The van der Waals surface area contributed by atoms with Crippen molar-refractivity contribution in [2.45, 2.75) is 19.5 Å². The molecule has 0 radical (unpaired) electrons. The van der Waals surface area contributed by atoms with E-state index in [9.17, 15) is 23.2 Å². The molecule has 8 nitrogen and oxygen atoms in total. The van der Waals surface area contributed by atoms with Crippen molar-refractivity contribution < 1.29 is 23.2 Å². The molecule has 2 aromatic rings. The van der Waals surface area contributed by atoms with Crippen molar-refractivity contribution in [2.24, 2.45) is 0 Å². The number of hydrogen-bond donors (Lipinski definition) is 2. The van der Waals surface area contributed by atoms with E-state index in [0.717, 1.165) is 4.90 Å². The minimum Gasteiger partial charge on any atom is -0.325 e. The first-order chi connectivity index (χ1) is 15.4. The van der Waals surface area contributed by atoms with Gasteiger partial charge in [0.15, 0.2) is 0 Å². The lowest BCUT2D eigenvalue weighted by Crippen LogP contribution is -2.61. The zero-order valence-corrected chi connectivity index (χ0v) is 17.2. The number of carbonyl (C=O) groups excluding carboxylic acids is 3. The number of hydrazine groups is 1. The van der Waals surface area contributed by atoms with E-state index in [2.05, 4.69) is 10.7 Å². The lowest BCUT2D eigenvalue weighted by atomic mass is 10.1. The largest absolute Gasteiger partial charge is 0.331 e. The van der Waals surface area contributed by atoms with E-state index in [1.165, 1.54) is 53.4 Å². The van der Waals surface area contributed by atoms with Crippen LogP contribution < -0.4 is 10.7 Å². The van der Waals surface area contributed by atoms with Gasteiger partial charge in [0, 0.05) is 18.4 Å². The standard InChI is InChI=1S/C22H21F2N5O3/c1-2-27-12-18-20(26-27)21(31)29(11-14-3-5-15(23)6-4-14)22(32)28(18)13-19(30)25-17-9-7-16(24)8-10-17/h3-10,12,20,26H,2,11,13H2,1H3,(H,25,30). The predicted molar refractivity (Wildman–Crippen MR) is 111 cm³/mol. The van der Waals surface area contributed by atoms with Crippen LogP contribution in [-0.2, 0) is 16.1 Å². The van der Waals surface area contributed by atoms with E-state index in [1.54, 1.807) is 11.2 Å². The molecule has 0 saturated carbocycles. The van der Waals surface area contributed by atoms with Gasteiger partial charge in [0.25, 0.3) is 5.91 Å². The molecule has 2 aromatic carbocycles. The van der Waals surface area contributed by atoms with E-state index < -0.39 is 35.5 Å². The molecule has 32 heavy (non-hydrogen) atoms. The summed E-state index contributed by atoms with van der Waals surface area (Å²) in [4.78, 5) is 41.2. The first-order valence-electron chi connectivity index (χ1n) is 10.0. The number of rotatable bonds is 6. The second kappa shape index (κ2) is 8.75. The Morgan fingerprint density at radius 2 is 1.62 bits per heavy atom. The molecule has 1 saturated heterocycles. The Morgan fingerprint density at radius 3 is 2.25 bits per heavy atom. The Morgan fingerprint density at radius 1 is 1.00 bits per heavy atom. The number of amides is 4. The van der Waals surface area contributed by atoms with E-state index in [-0.39, 0.29) is 13.1 Å². The van der Waals surface area contributed by atoms with Crippen LogP contribution in [0, 0.1) is 11.6 Å². The summed E-state index contributed by atoms with van der Waals surface area (Å²) in [5, 5.41) is 4.28. The predicted octanol–water partition coefficient (Wildman–Crippen LogP) is 2.42. The maximum absolute atomic E-state index is 13.2. The number of urea groups is 1. The van der Waals surface area contributed by atoms with Crippen molar-refractivity contribution in [1.29, 1.82) is 0 Å². The summed E-state index contributed by atoms with van der Waals surface area (Å²) in [6, 6.07) is 9.25. The molecule has 0 aromatic heterocycles. The van der Waals surface area contributed by atoms with Crippen molar-refractivity contribution in [3.63, 3.8) is 0 Å². The lowest BCUT2D eigenvalue weighted by molar-refractivity contribution is -0.133. The number of imide groups is 1. The number of hydrogen-bond acceptors (Lipinski definition) is 5. The zero-order valence-electron chi connectivity index (χ0n) is 17.2. The van der Waals surface area contributed by atoms with Crippen LogP contribution in [0.3, 0.4) is 0 Å². The molecule has 0 spiro atoms. The van der Waals surface area contributed by atoms with Crippen LogP contribution in [-0.4, -0.2) is 51.8 Å². The van der Waals surface area contributed by atoms with Crippen molar-refractivity contribution in [1.82, 2.24) is 20.2 Å². The first-order valence-corrected chi connectivity index (χ1v) is 10.0. The molecule has 1 atom stereocenters. The second-order valence-electron chi connectivity index (χ2n) is 7.38. The molecular weight excluding hydrogens is 420 g/mol. The van der Waals surface area contributed by atoms with Gasteiger partial charge in [-0.05, 0) is 48.9 Å². The SMILES string of the molecule is CCN1C=C2C(N1)C(=O)N(Cc1ccc(F)cc1)C(=O)N2CC(=O)Nc1ccc(F)cc1. The monoisotopic (exact) mass is 441 g/mol. The summed E-state index contributed by atoms with van der Waals surface area (Å²) in [5.41, 5.74) is 4.34. The van der Waals surface area contributed by atoms with E-state index in [4.69, 9.17) is 0 Å². The number of fused-ring (bicyclic) bond motifs is 1. The fourth-order valence-electron chi connectivity index (χ4n) is 3.55. The quantitative estimate of drug-likeness (QED) is 0.719. The Bertz CT molecular complexity index is 1070. The summed E-state index contributed by atoms with van der Waals surface area (Å²) in [6.45, 7) is 2.00. The molecule has 0 bridgehead atoms. The summed E-state index contributed by atoms with van der Waals surface area (Å²) in [5.74, 6) is -1.83. The molecule has 0 aliphatic carbocycles. The fourth-order valence-corrected chi connectivity index (χ4v) is 3.55. The van der Waals surface area contributed by atoms with Gasteiger partial charge in [-0.2, -0.15) is 0 Å². The van der Waals surface area contributed by atoms with E-state index >= 15 is 0 Å². The third-order valence-corrected chi connectivity index (χ3v) is 5.19. The second-order valence-corrected chi connectivity index (χ2v) is 7.38. The number of carbonyl (C=O) groups is 3. The molecule has 4 amide bonds. The minimum atomic E-state index is -0.827. The first kappa shape index (κ1) is 21.4. The number of benzene rings is 2. The highest BCUT2D eigenvalue weighted by Crippen LogP contribution is 2.27. The average Bonchev–Trinajstić information content (AvgIpc) is 3.22. The van der Waals surface area contributed by atoms with Crippen LogP contribution in [0.25, 0.3) is 0 Å². The molecule has 2 aliphatic heterocycles. The maximum atomic E-state index is 13.2. The fraction of sp³-hybridized carbons (Fsp3) is 0.227. The Hall–Kier alpha value is -3.79. The van der Waals surface area contributed by atoms with Gasteiger partial charge in [-0.3, -0.25) is 19.4 Å². The van der Waals surface area contributed by atoms with Crippen LogP contribution in [0.4, 0.5) is 19.3 Å². The molecule has 166 valence electrons. The summed E-state index contributed by atoms with van der Waals surface area (Å²) >= 11 is 0. The van der Waals surface area contributed by atoms with Crippen LogP contribution in [0.5, 0.6) is 0 Å². The van der Waals surface area contributed by atoms with Crippen LogP contribution in [0.15, 0.2) is 60.4 Å². The summed E-state index contributed by atoms with van der Waals surface area (Å²) in [7, 11) is 0. The molecule has 1 fully saturated rings. The van der Waals surface area contributed by atoms with Crippen molar-refractivity contribution in [3.8, 4) is 0 Å². The lowest BCUT2D eigenvalue weighted by Gasteiger charge is -2.37. The number of halogens is 2. The highest BCUT2D eigenvalue weighted by molar-refractivity contribution is 6.05. The third-order valence-electron chi connectivity index (χ3n) is 5.19.